The van der Waals surface area contributed by atoms with Crippen LogP contribution >= 0.6 is 0 Å². The second-order valence-corrected chi connectivity index (χ2v) is 6.92. The number of hydrogen-bond acceptors (Lipinski definition) is 6. The number of ether oxygens (including phenoxy) is 1. The number of hydrogen-bond donors (Lipinski definition) is 1. The van der Waals surface area contributed by atoms with Gasteiger partial charge in [0.1, 0.15) is 18.5 Å². The lowest BCUT2D eigenvalue weighted by Gasteiger charge is -2.30. The van der Waals surface area contributed by atoms with E-state index in [-0.39, 0.29) is 19.0 Å². The fourth-order valence-electron chi connectivity index (χ4n) is 3.29. The number of carbonyl (C=O) groups excluding carboxylic acids is 2. The Bertz CT molecular complexity index is 804. The second-order valence-electron chi connectivity index (χ2n) is 6.92. The lowest BCUT2D eigenvalue weighted by atomic mass is 10.1. The number of amides is 2. The molecule has 0 radical (unpaired) electrons. The monoisotopic (exact) mass is 404 g/mol. The number of carbonyl (C=O) groups is 2. The molecular weight excluding hydrogens is 379 g/mol. The predicted octanol–water partition coefficient (Wildman–Crippen LogP) is 2.45. The maximum absolute atomic E-state index is 14.8. The van der Waals surface area contributed by atoms with Gasteiger partial charge in [-0.25, -0.2) is 9.18 Å². The first-order chi connectivity index (χ1) is 14.0. The van der Waals surface area contributed by atoms with E-state index in [9.17, 15) is 14.0 Å². The molecule has 0 saturated carbocycles. The van der Waals surface area contributed by atoms with Crippen molar-refractivity contribution in [3.63, 3.8) is 0 Å². The van der Waals surface area contributed by atoms with Crippen LogP contribution in [-0.2, 0) is 14.4 Å². The largest absolute Gasteiger partial charge is 0.442 e. The molecule has 2 heterocycles. The van der Waals surface area contributed by atoms with Gasteiger partial charge < -0.3 is 19.8 Å². The lowest BCUT2D eigenvalue weighted by molar-refractivity contribution is -0.119. The van der Waals surface area contributed by atoms with E-state index >= 15 is 0 Å². The van der Waals surface area contributed by atoms with E-state index in [4.69, 9.17) is 9.57 Å². The predicted molar refractivity (Wildman–Crippen MR) is 108 cm³/mol. The van der Waals surface area contributed by atoms with Crippen molar-refractivity contribution in [3.8, 4) is 0 Å². The van der Waals surface area contributed by atoms with Crippen molar-refractivity contribution in [1.82, 2.24) is 5.32 Å². The molecular formula is C20H25FN4O4. The number of rotatable bonds is 7. The van der Waals surface area contributed by atoms with Crippen LogP contribution in [0.25, 0.3) is 0 Å². The zero-order valence-corrected chi connectivity index (χ0v) is 16.4. The number of oxime groups is 1. The second kappa shape index (κ2) is 9.40. The molecule has 1 atom stereocenters. The van der Waals surface area contributed by atoms with Gasteiger partial charge >= 0.3 is 6.09 Å². The molecule has 2 fully saturated rings. The molecule has 0 aromatic heterocycles. The van der Waals surface area contributed by atoms with Crippen LogP contribution in [0.2, 0.25) is 0 Å². The Morgan fingerprint density at radius 3 is 2.86 bits per heavy atom. The molecule has 0 spiro atoms. The third-order valence-electron chi connectivity index (χ3n) is 4.76. The van der Waals surface area contributed by atoms with E-state index < -0.39 is 18.0 Å². The minimum atomic E-state index is -0.550. The third kappa shape index (κ3) is 5.24. The van der Waals surface area contributed by atoms with Crippen LogP contribution < -0.4 is 15.1 Å². The molecule has 1 N–H and O–H groups in total. The van der Waals surface area contributed by atoms with Crippen molar-refractivity contribution >= 4 is 29.1 Å². The summed E-state index contributed by atoms with van der Waals surface area (Å²) in [6, 6.07) is 4.72. The number of nitrogens with one attached hydrogen (secondary N) is 1. The molecule has 0 aliphatic carbocycles. The van der Waals surface area contributed by atoms with Gasteiger partial charge in [0.2, 0.25) is 5.91 Å². The van der Waals surface area contributed by atoms with Gasteiger partial charge in [-0.15, -0.1) is 0 Å². The first-order valence-corrected chi connectivity index (χ1v) is 9.53. The van der Waals surface area contributed by atoms with E-state index in [0.717, 1.165) is 5.71 Å². The van der Waals surface area contributed by atoms with E-state index in [1.807, 2.05) is 4.90 Å². The Balaban J connectivity index is 1.61. The van der Waals surface area contributed by atoms with Crippen LogP contribution in [0.3, 0.4) is 0 Å². The normalized spacial score (nSPS) is 19.0. The van der Waals surface area contributed by atoms with Crippen molar-refractivity contribution in [2.24, 2.45) is 5.16 Å². The molecule has 9 heteroatoms. The molecule has 8 nitrogen and oxygen atoms in total. The summed E-state index contributed by atoms with van der Waals surface area (Å²) in [7, 11) is 0. The van der Waals surface area contributed by atoms with Gasteiger partial charge in [-0.1, -0.05) is 17.8 Å². The Morgan fingerprint density at radius 2 is 2.21 bits per heavy atom. The summed E-state index contributed by atoms with van der Waals surface area (Å²) in [5.41, 5.74) is 1.87. The van der Waals surface area contributed by atoms with Crippen molar-refractivity contribution in [3.05, 3.63) is 36.7 Å². The Morgan fingerprint density at radius 1 is 1.45 bits per heavy atom. The summed E-state index contributed by atoms with van der Waals surface area (Å²) in [5, 5.41) is 6.69. The van der Waals surface area contributed by atoms with E-state index in [1.54, 1.807) is 18.2 Å². The summed E-state index contributed by atoms with van der Waals surface area (Å²) in [4.78, 5) is 31.6. The van der Waals surface area contributed by atoms with E-state index in [0.29, 0.717) is 43.9 Å². The summed E-state index contributed by atoms with van der Waals surface area (Å²) >= 11 is 0. The number of anilines is 2. The fraction of sp³-hybridized carbons (Fsp3) is 0.450. The van der Waals surface area contributed by atoms with Gasteiger partial charge in [0.15, 0.2) is 0 Å². The summed E-state index contributed by atoms with van der Waals surface area (Å²) in [5.74, 6) is -0.596. The first-order valence-electron chi connectivity index (χ1n) is 9.53. The summed E-state index contributed by atoms with van der Waals surface area (Å²) < 4.78 is 20.0. The number of benzene rings is 1. The molecule has 2 saturated heterocycles. The molecule has 156 valence electrons. The molecule has 1 aromatic rings. The molecule has 0 unspecified atom stereocenters. The van der Waals surface area contributed by atoms with E-state index in [1.165, 1.54) is 17.9 Å². The van der Waals surface area contributed by atoms with Gasteiger partial charge in [0.25, 0.3) is 0 Å². The van der Waals surface area contributed by atoms with Crippen molar-refractivity contribution in [2.45, 2.75) is 25.9 Å². The molecule has 2 aliphatic heterocycles. The molecule has 29 heavy (non-hydrogen) atoms. The maximum Gasteiger partial charge on any atom is 0.414 e. The van der Waals surface area contributed by atoms with Crippen molar-refractivity contribution in [1.29, 1.82) is 0 Å². The highest BCUT2D eigenvalue weighted by Gasteiger charge is 2.33. The lowest BCUT2D eigenvalue weighted by Crippen LogP contribution is -2.35. The summed E-state index contributed by atoms with van der Waals surface area (Å²) in [6.07, 6.45) is 2.01. The number of nitrogens with zero attached hydrogens (tertiary/aromatic N) is 3. The van der Waals surface area contributed by atoms with Crippen LogP contribution in [0, 0.1) is 5.82 Å². The summed E-state index contributed by atoms with van der Waals surface area (Å²) in [6.45, 7) is 7.09. The van der Waals surface area contributed by atoms with Crippen LogP contribution in [0.5, 0.6) is 0 Å². The van der Waals surface area contributed by atoms with Crippen molar-refractivity contribution in [2.75, 3.05) is 42.6 Å². The molecule has 3 rings (SSSR count). The average molecular weight is 404 g/mol. The van der Waals surface area contributed by atoms with Gasteiger partial charge in [-0.05, 0) is 18.2 Å². The van der Waals surface area contributed by atoms with Crippen molar-refractivity contribution < 1.29 is 23.6 Å². The Labute approximate surface area is 168 Å². The zero-order chi connectivity index (χ0) is 20.8. The van der Waals surface area contributed by atoms with Crippen LogP contribution in [0.4, 0.5) is 20.6 Å². The highest BCUT2D eigenvalue weighted by Crippen LogP contribution is 2.29. The average Bonchev–Trinajstić information content (AvgIpc) is 3.08. The number of piperidine rings is 1. The van der Waals surface area contributed by atoms with Gasteiger partial charge in [-0.2, -0.15) is 0 Å². The highest BCUT2D eigenvalue weighted by molar-refractivity contribution is 5.90. The van der Waals surface area contributed by atoms with Gasteiger partial charge in [0, 0.05) is 32.9 Å². The molecule has 2 aliphatic rings. The minimum absolute atomic E-state index is 0.197. The van der Waals surface area contributed by atoms with Crippen LogP contribution in [-0.4, -0.2) is 56.6 Å². The van der Waals surface area contributed by atoms with Gasteiger partial charge in [0.05, 0.1) is 30.2 Å². The quantitative estimate of drug-likeness (QED) is 0.429. The standard InChI is InChI=1S/C20H25FN4O4/c1-3-10-28-23-15-6-8-24(9-7-15)19-5-4-16(11-18(19)21)25-13-17(29-20(25)27)12-22-14(2)26/h3-5,11,17H,1,6-10,12-13H2,2H3,(H,22,26)/t17-/m0/s1. The third-order valence-corrected chi connectivity index (χ3v) is 4.76. The smallest absolute Gasteiger partial charge is 0.414 e. The maximum atomic E-state index is 14.8. The minimum Gasteiger partial charge on any atom is -0.442 e. The Hall–Kier alpha value is -3.10. The molecule has 2 amide bonds. The number of halogens is 1. The van der Waals surface area contributed by atoms with Crippen LogP contribution in [0.15, 0.2) is 36.0 Å². The Kier molecular flexibility index (Phi) is 6.69. The van der Waals surface area contributed by atoms with E-state index in [2.05, 4.69) is 17.1 Å². The zero-order valence-electron chi connectivity index (χ0n) is 16.4. The highest BCUT2D eigenvalue weighted by atomic mass is 19.1. The number of cyclic esters (lactones) is 1. The first kappa shape index (κ1) is 20.6. The molecule has 1 aromatic carbocycles. The fourth-order valence-corrected chi connectivity index (χ4v) is 3.29. The SMILES string of the molecule is C=CCON=C1CCN(c2ccc(N3C[C@H](CNC(C)=O)OC3=O)cc2F)CC1. The van der Waals surface area contributed by atoms with Crippen LogP contribution in [0.1, 0.15) is 19.8 Å². The topological polar surface area (TPSA) is 83.5 Å². The molecule has 0 bridgehead atoms. The van der Waals surface area contributed by atoms with Gasteiger partial charge in [-0.3, -0.25) is 9.69 Å².